The van der Waals surface area contributed by atoms with Crippen molar-refractivity contribution in [3.8, 4) is 11.4 Å². The summed E-state index contributed by atoms with van der Waals surface area (Å²) in [6, 6.07) is 6.80. The zero-order chi connectivity index (χ0) is 19.3. The minimum absolute atomic E-state index is 0.0581. The van der Waals surface area contributed by atoms with Crippen LogP contribution < -0.4 is 5.32 Å². The summed E-state index contributed by atoms with van der Waals surface area (Å²) in [7, 11) is -1.58. The highest BCUT2D eigenvalue weighted by Gasteiger charge is 2.20. The van der Waals surface area contributed by atoms with Crippen molar-refractivity contribution >= 4 is 15.9 Å². The van der Waals surface area contributed by atoms with Gasteiger partial charge in [0.25, 0.3) is 0 Å². The third-order valence-electron chi connectivity index (χ3n) is 3.95. The van der Waals surface area contributed by atoms with Crippen molar-refractivity contribution in [2.24, 2.45) is 0 Å². The van der Waals surface area contributed by atoms with Gasteiger partial charge < -0.3 is 14.7 Å². The van der Waals surface area contributed by atoms with E-state index in [1.807, 2.05) is 31.2 Å². The fourth-order valence-electron chi connectivity index (χ4n) is 2.19. The smallest absolute Gasteiger partial charge is 0.317 e. The number of rotatable bonds is 7. The lowest BCUT2D eigenvalue weighted by atomic mass is 10.1. The summed E-state index contributed by atoms with van der Waals surface area (Å²) >= 11 is 0. The predicted molar refractivity (Wildman–Crippen MR) is 98.4 cm³/mol. The molecule has 142 valence electrons. The number of carbonyl (C=O) groups excluding carboxylic acids is 1. The molecule has 1 atom stereocenters. The maximum Gasteiger partial charge on any atom is 0.317 e. The summed E-state index contributed by atoms with van der Waals surface area (Å²) in [5.74, 6) is 0.722. The van der Waals surface area contributed by atoms with Gasteiger partial charge in [0.05, 0.1) is 5.75 Å². The number of nitrogens with zero attached hydrogens (tertiary/aromatic N) is 3. The van der Waals surface area contributed by atoms with Crippen LogP contribution in [0.25, 0.3) is 11.4 Å². The Kier molecular flexibility index (Phi) is 6.36. The van der Waals surface area contributed by atoms with E-state index in [0.717, 1.165) is 11.1 Å². The fraction of sp³-hybridized carbons (Fsp3) is 0.471. The summed E-state index contributed by atoms with van der Waals surface area (Å²) < 4.78 is 28.3. The minimum Gasteiger partial charge on any atom is -0.337 e. The Labute approximate surface area is 153 Å². The van der Waals surface area contributed by atoms with Crippen LogP contribution >= 0.6 is 0 Å². The van der Waals surface area contributed by atoms with E-state index in [0.29, 0.717) is 5.82 Å². The average molecular weight is 380 g/mol. The second-order valence-electron chi connectivity index (χ2n) is 6.15. The molecular formula is C17H24N4O4S. The summed E-state index contributed by atoms with van der Waals surface area (Å²) in [6.45, 7) is 5.40. The monoisotopic (exact) mass is 380 g/mol. The van der Waals surface area contributed by atoms with Gasteiger partial charge in [0.2, 0.25) is 11.7 Å². The molecule has 0 aliphatic rings. The highest BCUT2D eigenvalue weighted by Crippen LogP contribution is 2.19. The number of aryl methyl sites for hydroxylation is 1. The molecule has 0 fully saturated rings. The Balaban J connectivity index is 1.97. The molecule has 2 aromatic rings. The molecule has 0 saturated heterocycles. The van der Waals surface area contributed by atoms with Crippen molar-refractivity contribution in [3.05, 3.63) is 35.7 Å². The summed E-state index contributed by atoms with van der Waals surface area (Å²) in [5, 5.41) is 6.67. The molecule has 0 radical (unpaired) electrons. The normalized spacial score (nSPS) is 12.6. The molecule has 0 saturated carbocycles. The predicted octanol–water partition coefficient (Wildman–Crippen LogP) is 2.18. The van der Waals surface area contributed by atoms with E-state index < -0.39 is 21.9 Å². The summed E-state index contributed by atoms with van der Waals surface area (Å²) in [4.78, 5) is 17.8. The molecule has 1 aromatic heterocycles. The molecule has 0 unspecified atom stereocenters. The number of carbonyl (C=O) groups is 1. The molecule has 9 heteroatoms. The molecule has 1 heterocycles. The quantitative estimate of drug-likeness (QED) is 0.789. The van der Waals surface area contributed by atoms with Crippen LogP contribution in [0, 0.1) is 6.92 Å². The van der Waals surface area contributed by atoms with Gasteiger partial charge in [-0.1, -0.05) is 35.8 Å². The van der Waals surface area contributed by atoms with Crippen LogP contribution in [-0.2, 0) is 9.84 Å². The van der Waals surface area contributed by atoms with Crippen LogP contribution in [0.2, 0.25) is 0 Å². The summed E-state index contributed by atoms with van der Waals surface area (Å²) in [6.07, 6.45) is 0. The van der Waals surface area contributed by atoms with Gasteiger partial charge in [-0.05, 0) is 19.9 Å². The largest absolute Gasteiger partial charge is 0.337 e. The van der Waals surface area contributed by atoms with E-state index in [9.17, 15) is 13.2 Å². The van der Waals surface area contributed by atoms with E-state index in [4.69, 9.17) is 4.52 Å². The molecule has 0 bridgehead atoms. The van der Waals surface area contributed by atoms with Crippen LogP contribution in [0.3, 0.4) is 0 Å². The highest BCUT2D eigenvalue weighted by atomic mass is 32.2. The van der Waals surface area contributed by atoms with Crippen molar-refractivity contribution in [1.29, 1.82) is 0 Å². The molecule has 2 rings (SSSR count). The van der Waals surface area contributed by atoms with Crippen molar-refractivity contribution in [1.82, 2.24) is 20.4 Å². The van der Waals surface area contributed by atoms with E-state index in [1.54, 1.807) is 20.9 Å². The van der Waals surface area contributed by atoms with Crippen LogP contribution in [-0.4, -0.2) is 54.6 Å². The molecule has 2 amide bonds. The zero-order valence-electron chi connectivity index (χ0n) is 15.4. The van der Waals surface area contributed by atoms with Crippen LogP contribution in [0.5, 0.6) is 0 Å². The molecule has 0 aliphatic heterocycles. The van der Waals surface area contributed by atoms with Gasteiger partial charge >= 0.3 is 6.03 Å². The first kappa shape index (κ1) is 19.9. The van der Waals surface area contributed by atoms with E-state index in [-0.39, 0.29) is 23.9 Å². The Morgan fingerprint density at radius 1 is 1.38 bits per heavy atom. The fourth-order valence-corrected chi connectivity index (χ4v) is 3.03. The maximum absolute atomic E-state index is 12.2. The first-order chi connectivity index (χ1) is 12.2. The number of benzene rings is 1. The van der Waals surface area contributed by atoms with Gasteiger partial charge in [-0.15, -0.1) is 0 Å². The van der Waals surface area contributed by atoms with Gasteiger partial charge in [0, 0.05) is 24.9 Å². The SMILES string of the molecule is CCS(=O)(=O)CCN(C)C(=O)N[C@@H](C)c1nc(-c2cccc(C)c2)no1. The van der Waals surface area contributed by atoms with Crippen molar-refractivity contribution in [3.63, 3.8) is 0 Å². The van der Waals surface area contributed by atoms with Crippen molar-refractivity contribution in [2.45, 2.75) is 26.8 Å². The van der Waals surface area contributed by atoms with Gasteiger partial charge in [-0.2, -0.15) is 4.98 Å². The number of sulfone groups is 1. The Morgan fingerprint density at radius 3 is 2.77 bits per heavy atom. The maximum atomic E-state index is 12.2. The Hall–Kier alpha value is -2.42. The molecular weight excluding hydrogens is 356 g/mol. The molecule has 1 aromatic carbocycles. The van der Waals surface area contributed by atoms with Gasteiger partial charge in [0.1, 0.15) is 6.04 Å². The van der Waals surface area contributed by atoms with Crippen molar-refractivity contribution < 1.29 is 17.7 Å². The molecule has 8 nitrogen and oxygen atoms in total. The number of amides is 2. The lowest BCUT2D eigenvalue weighted by Gasteiger charge is -2.19. The Bertz CT molecular complexity index is 863. The molecule has 1 N–H and O–H groups in total. The topological polar surface area (TPSA) is 105 Å². The third kappa shape index (κ3) is 5.29. The lowest BCUT2D eigenvalue weighted by molar-refractivity contribution is 0.204. The first-order valence-corrected chi connectivity index (χ1v) is 10.2. The van der Waals surface area contributed by atoms with Gasteiger partial charge in [-0.25, -0.2) is 13.2 Å². The number of hydrogen-bond acceptors (Lipinski definition) is 6. The second-order valence-corrected chi connectivity index (χ2v) is 8.63. The zero-order valence-corrected chi connectivity index (χ0v) is 16.2. The number of hydrogen-bond donors (Lipinski definition) is 1. The standard InChI is InChI=1S/C17H24N4O4S/c1-5-26(23,24)10-9-21(4)17(22)18-13(3)16-19-15(20-25-16)14-8-6-7-12(2)11-14/h6-8,11,13H,5,9-10H2,1-4H3,(H,18,22)/t13-/m0/s1. The van der Waals surface area contributed by atoms with Gasteiger partial charge in [-0.3, -0.25) is 0 Å². The third-order valence-corrected chi connectivity index (χ3v) is 5.64. The summed E-state index contributed by atoms with van der Waals surface area (Å²) in [5.41, 5.74) is 1.92. The highest BCUT2D eigenvalue weighted by molar-refractivity contribution is 7.91. The van der Waals surface area contributed by atoms with Crippen LogP contribution in [0.1, 0.15) is 31.3 Å². The molecule has 0 spiro atoms. The van der Waals surface area contributed by atoms with E-state index >= 15 is 0 Å². The van der Waals surface area contributed by atoms with Crippen LogP contribution in [0.15, 0.2) is 28.8 Å². The first-order valence-electron chi connectivity index (χ1n) is 8.34. The molecule has 26 heavy (non-hydrogen) atoms. The van der Waals surface area contributed by atoms with Crippen molar-refractivity contribution in [2.75, 3.05) is 25.1 Å². The average Bonchev–Trinajstić information content (AvgIpc) is 3.10. The molecule has 0 aliphatic carbocycles. The second kappa shape index (κ2) is 8.31. The number of nitrogens with one attached hydrogen (secondary N) is 1. The van der Waals surface area contributed by atoms with E-state index in [2.05, 4.69) is 15.5 Å². The lowest BCUT2D eigenvalue weighted by Crippen LogP contribution is -2.40. The number of aromatic nitrogens is 2. The van der Waals surface area contributed by atoms with Gasteiger partial charge in [0.15, 0.2) is 9.84 Å². The number of urea groups is 1. The van der Waals surface area contributed by atoms with E-state index in [1.165, 1.54) is 4.90 Å². The van der Waals surface area contributed by atoms with Crippen LogP contribution in [0.4, 0.5) is 4.79 Å². The Morgan fingerprint density at radius 2 is 2.12 bits per heavy atom. The minimum atomic E-state index is -3.12.